The van der Waals surface area contributed by atoms with Crippen LogP contribution in [0.15, 0.2) is 0 Å². The Morgan fingerprint density at radius 1 is 0.743 bits per heavy atom. The van der Waals surface area contributed by atoms with Gasteiger partial charge < -0.3 is 42.3 Å². The van der Waals surface area contributed by atoms with E-state index in [1.807, 2.05) is 0 Å². The number of carbonyl (C=O) groups is 6. The van der Waals surface area contributed by atoms with Gasteiger partial charge in [0.1, 0.15) is 18.1 Å². The van der Waals surface area contributed by atoms with Gasteiger partial charge in [0.05, 0.1) is 18.7 Å². The molecule has 0 radical (unpaired) electrons. The van der Waals surface area contributed by atoms with Crippen LogP contribution >= 0.6 is 0 Å². The van der Waals surface area contributed by atoms with Crippen molar-refractivity contribution >= 4 is 35.6 Å². The van der Waals surface area contributed by atoms with Crippen LogP contribution in [0.4, 0.5) is 0 Å². The maximum absolute atomic E-state index is 12.7. The van der Waals surface area contributed by atoms with Gasteiger partial charge in [-0.2, -0.15) is 0 Å². The molecule has 4 amide bonds. The predicted molar refractivity (Wildman–Crippen MR) is 123 cm³/mol. The average molecular weight is 504 g/mol. The third-order valence-electron chi connectivity index (χ3n) is 4.99. The van der Waals surface area contributed by atoms with Gasteiger partial charge in [0.15, 0.2) is 0 Å². The van der Waals surface area contributed by atoms with Crippen molar-refractivity contribution in [3.05, 3.63) is 0 Å². The minimum atomic E-state index is -1.49. The Morgan fingerprint density at radius 3 is 1.69 bits per heavy atom. The molecule has 200 valence electrons. The lowest BCUT2D eigenvalue weighted by molar-refractivity contribution is -0.143. The molecule has 35 heavy (non-hydrogen) atoms. The number of carboxylic acids is 2. The van der Waals surface area contributed by atoms with Crippen LogP contribution in [0.1, 0.15) is 47.5 Å². The second-order valence-electron chi connectivity index (χ2n) is 8.84. The van der Waals surface area contributed by atoms with Gasteiger partial charge >= 0.3 is 11.9 Å². The molecular weight excluding hydrogens is 466 g/mol. The van der Waals surface area contributed by atoms with E-state index in [4.69, 9.17) is 15.9 Å². The lowest BCUT2D eigenvalue weighted by Crippen LogP contribution is -2.60. The molecule has 0 rings (SSSR count). The van der Waals surface area contributed by atoms with E-state index in [9.17, 15) is 33.9 Å². The van der Waals surface area contributed by atoms with Crippen LogP contribution in [0.5, 0.6) is 0 Å². The van der Waals surface area contributed by atoms with Crippen molar-refractivity contribution in [2.24, 2.45) is 17.6 Å². The van der Waals surface area contributed by atoms with E-state index < -0.39 is 78.3 Å². The largest absolute Gasteiger partial charge is 0.481 e. The van der Waals surface area contributed by atoms with Crippen LogP contribution in [0.2, 0.25) is 0 Å². The number of aliphatic carboxylic acids is 2. The molecule has 0 aromatic heterocycles. The van der Waals surface area contributed by atoms with Crippen molar-refractivity contribution in [1.29, 1.82) is 0 Å². The quantitative estimate of drug-likeness (QED) is 0.117. The first-order valence-electron chi connectivity index (χ1n) is 11.1. The number of aliphatic hydroxyl groups excluding tert-OH is 1. The second kappa shape index (κ2) is 14.9. The van der Waals surface area contributed by atoms with E-state index in [0.717, 1.165) is 0 Å². The maximum atomic E-state index is 12.7. The second-order valence-corrected chi connectivity index (χ2v) is 8.84. The molecule has 0 aromatic rings. The molecule has 0 heterocycles. The van der Waals surface area contributed by atoms with Gasteiger partial charge in [-0.25, -0.2) is 4.79 Å². The zero-order valence-electron chi connectivity index (χ0n) is 20.5. The van der Waals surface area contributed by atoms with Gasteiger partial charge in [-0.1, -0.05) is 27.7 Å². The van der Waals surface area contributed by atoms with Crippen molar-refractivity contribution in [2.45, 2.75) is 77.7 Å². The summed E-state index contributed by atoms with van der Waals surface area (Å²) < 4.78 is 0. The van der Waals surface area contributed by atoms with Gasteiger partial charge in [-0.05, 0) is 25.2 Å². The molecule has 0 saturated heterocycles. The van der Waals surface area contributed by atoms with Crippen molar-refractivity contribution in [3.63, 3.8) is 0 Å². The SMILES string of the molecule is CC(C)[C@H](NC(=O)CNC(=O)[C@@H](NC(=O)[C@@H](NC(=O)[C@@H](N)CCC(=O)O)[C@@H](C)O)C(C)C)C(=O)O. The standard InChI is InChI=1S/C21H37N5O9/c1-9(2)15(19(32)23-8-13(28)24-16(10(3)4)21(34)35)25-20(33)17(11(5)27)26-18(31)12(22)6-7-14(29)30/h9-12,15-17,27H,6-8,22H2,1-5H3,(H,23,32)(H,24,28)(H,25,33)(H,26,31)(H,29,30)(H,34,35)/t11-,12+,15+,16+,17+/m1/s1. The number of amides is 4. The number of rotatable bonds is 15. The summed E-state index contributed by atoms with van der Waals surface area (Å²) in [5.41, 5.74) is 5.62. The molecule has 0 aromatic carbocycles. The van der Waals surface area contributed by atoms with Gasteiger partial charge in [0.2, 0.25) is 23.6 Å². The minimum Gasteiger partial charge on any atom is -0.481 e. The third kappa shape index (κ3) is 11.6. The smallest absolute Gasteiger partial charge is 0.326 e. The highest BCUT2D eigenvalue weighted by molar-refractivity contribution is 5.95. The summed E-state index contributed by atoms with van der Waals surface area (Å²) in [4.78, 5) is 71.4. The Labute approximate surface area is 203 Å². The van der Waals surface area contributed by atoms with E-state index in [-0.39, 0.29) is 18.8 Å². The number of nitrogens with two attached hydrogens (primary N) is 1. The van der Waals surface area contributed by atoms with Crippen molar-refractivity contribution < 1.29 is 44.1 Å². The molecule has 0 saturated carbocycles. The number of hydrogen-bond donors (Lipinski definition) is 8. The highest BCUT2D eigenvalue weighted by Crippen LogP contribution is 2.05. The van der Waals surface area contributed by atoms with Gasteiger partial charge in [0.25, 0.3) is 0 Å². The molecule has 14 nitrogen and oxygen atoms in total. The van der Waals surface area contributed by atoms with Crippen LogP contribution < -0.4 is 27.0 Å². The van der Waals surface area contributed by atoms with Crippen molar-refractivity contribution in [2.75, 3.05) is 6.54 Å². The molecule has 14 heteroatoms. The van der Waals surface area contributed by atoms with Crippen LogP contribution in [-0.4, -0.2) is 87.7 Å². The third-order valence-corrected chi connectivity index (χ3v) is 4.99. The number of carbonyl (C=O) groups excluding carboxylic acids is 4. The van der Waals surface area contributed by atoms with Crippen molar-refractivity contribution in [3.8, 4) is 0 Å². The van der Waals surface area contributed by atoms with E-state index in [1.165, 1.54) is 6.92 Å². The highest BCUT2D eigenvalue weighted by Gasteiger charge is 2.32. The number of carboxylic acid groups (broad SMARTS) is 2. The highest BCUT2D eigenvalue weighted by atomic mass is 16.4. The predicted octanol–water partition coefficient (Wildman–Crippen LogP) is -2.47. The molecular formula is C21H37N5O9. The van der Waals surface area contributed by atoms with E-state index in [2.05, 4.69) is 21.3 Å². The molecule has 0 aliphatic carbocycles. The van der Waals surface area contributed by atoms with Crippen LogP contribution in [-0.2, 0) is 28.8 Å². The van der Waals surface area contributed by atoms with Crippen molar-refractivity contribution in [1.82, 2.24) is 21.3 Å². The summed E-state index contributed by atoms with van der Waals surface area (Å²) >= 11 is 0. The molecule has 0 spiro atoms. The lowest BCUT2D eigenvalue weighted by Gasteiger charge is -2.27. The molecule has 5 atom stereocenters. The number of aliphatic hydroxyl groups is 1. The Hall–Kier alpha value is -3.26. The monoisotopic (exact) mass is 503 g/mol. The Balaban J connectivity index is 5.15. The zero-order valence-corrected chi connectivity index (χ0v) is 20.5. The molecule has 9 N–H and O–H groups in total. The molecule has 0 unspecified atom stereocenters. The lowest BCUT2D eigenvalue weighted by atomic mass is 10.0. The summed E-state index contributed by atoms with van der Waals surface area (Å²) in [6.07, 6.45) is -1.93. The van der Waals surface area contributed by atoms with Gasteiger partial charge in [0, 0.05) is 6.42 Å². The topological polar surface area (TPSA) is 237 Å². The molecule has 0 aliphatic heterocycles. The Kier molecular flexibility index (Phi) is 13.5. The average Bonchev–Trinajstić information content (AvgIpc) is 2.74. The van der Waals surface area contributed by atoms with Crippen LogP contribution in [0.3, 0.4) is 0 Å². The summed E-state index contributed by atoms with van der Waals surface area (Å²) in [6, 6.07) is -5.02. The summed E-state index contributed by atoms with van der Waals surface area (Å²) in [5.74, 6) is -6.46. The molecule has 0 bridgehead atoms. The normalized spacial score (nSPS) is 15.3. The first-order chi connectivity index (χ1) is 16.1. The van der Waals surface area contributed by atoms with Gasteiger partial charge in [-0.3, -0.25) is 24.0 Å². The maximum Gasteiger partial charge on any atom is 0.326 e. The summed E-state index contributed by atoms with van der Waals surface area (Å²) in [6.45, 7) is 7.14. The van der Waals surface area contributed by atoms with Gasteiger partial charge in [-0.15, -0.1) is 0 Å². The van der Waals surface area contributed by atoms with E-state index in [0.29, 0.717) is 0 Å². The minimum absolute atomic E-state index is 0.187. The fourth-order valence-electron chi connectivity index (χ4n) is 2.87. The van der Waals surface area contributed by atoms with Crippen LogP contribution in [0.25, 0.3) is 0 Å². The number of nitrogens with one attached hydrogen (secondary N) is 4. The summed E-state index contributed by atoms with van der Waals surface area (Å²) in [5, 5.41) is 37.1. The van der Waals surface area contributed by atoms with Crippen LogP contribution in [0, 0.1) is 11.8 Å². The number of hydrogen-bond acceptors (Lipinski definition) is 8. The molecule has 0 aliphatic rings. The first-order valence-corrected chi connectivity index (χ1v) is 11.1. The zero-order chi connectivity index (χ0) is 27.5. The van der Waals surface area contributed by atoms with E-state index in [1.54, 1.807) is 27.7 Å². The fraction of sp³-hybridized carbons (Fsp3) is 0.714. The fourth-order valence-corrected chi connectivity index (χ4v) is 2.87. The van der Waals surface area contributed by atoms with E-state index >= 15 is 0 Å². The Morgan fingerprint density at radius 2 is 1.26 bits per heavy atom. The Bertz CT molecular complexity index is 785. The molecule has 0 fully saturated rings. The summed E-state index contributed by atoms with van der Waals surface area (Å²) in [7, 11) is 0. The first kappa shape index (κ1) is 31.7.